The maximum Gasteiger partial charge on any atom is 0.472 e. The normalized spacial score (nSPS) is 14.5. The van der Waals surface area contributed by atoms with E-state index in [1.807, 2.05) is 27.2 Å². The minimum Gasteiger partial charge on any atom is -0.387 e. The maximum absolute atomic E-state index is 13.0. The first kappa shape index (κ1) is 70.7. The van der Waals surface area contributed by atoms with Crippen LogP contribution >= 0.6 is 7.82 Å². The van der Waals surface area contributed by atoms with Crippen LogP contribution in [-0.2, 0) is 18.4 Å². The fraction of sp³-hybridized carbons (Fsp3) is 0.766. The molecule has 0 aliphatic carbocycles. The van der Waals surface area contributed by atoms with Gasteiger partial charge in [0.05, 0.1) is 39.9 Å². The van der Waals surface area contributed by atoms with Crippen LogP contribution in [0.4, 0.5) is 0 Å². The van der Waals surface area contributed by atoms with E-state index in [9.17, 15) is 19.4 Å². The molecule has 3 N–H and O–H groups in total. The molecule has 0 radical (unpaired) electrons. The number of nitrogens with zero attached hydrogens (tertiary/aromatic N) is 1. The Kier molecular flexibility index (Phi) is 52.7. The third-order valence-corrected chi connectivity index (χ3v) is 14.3. The molecule has 0 aliphatic heterocycles. The first-order valence-electron chi connectivity index (χ1n) is 30.5. The fourth-order valence-corrected chi connectivity index (χ4v) is 9.33. The Balaban J connectivity index is 4.26. The Morgan fingerprint density at radius 2 is 0.836 bits per heavy atom. The number of unbranched alkanes of at least 4 members (excludes halogenated alkanes) is 30. The third-order valence-electron chi connectivity index (χ3n) is 13.3. The lowest BCUT2D eigenvalue weighted by Crippen LogP contribution is -2.45. The maximum atomic E-state index is 13.0. The zero-order valence-corrected chi connectivity index (χ0v) is 49.3. The molecule has 0 spiro atoms. The number of allylic oxidation sites excluding steroid dienone is 13. The number of rotatable bonds is 55. The molecule has 0 saturated carbocycles. The minimum atomic E-state index is -4.37. The highest BCUT2D eigenvalue weighted by Gasteiger charge is 2.27. The van der Waals surface area contributed by atoms with Gasteiger partial charge >= 0.3 is 7.82 Å². The standard InChI is InChI=1S/C64H117N2O6P/c1-6-8-10-12-14-16-18-20-22-24-26-28-30-31-32-33-34-36-37-39-41-43-45-47-49-51-53-55-57-63(67)62(61-72-73(69,70)71-60-59-66(3,4)5)65-64(68)58-56-54-52-50-48-46-44-42-40-38-35-29-27-25-23-21-19-17-15-13-11-9-7-2/h9,11,15,17,21,23,27,29,39,41,47,49,55,57,62-63,67H,6-8,10,12-14,16,18-20,22,24-26,28,30-38,40,42-46,48,50-54,56,58-61H2,1-5H3,(H-,65,68,69,70)/p+1/b11-9-,17-15-,23-21-,29-27-,41-39+,49-47+,57-55+. The van der Waals surface area contributed by atoms with E-state index in [4.69, 9.17) is 9.05 Å². The second-order valence-corrected chi connectivity index (χ2v) is 23.1. The van der Waals surface area contributed by atoms with Crippen molar-refractivity contribution in [3.8, 4) is 0 Å². The number of phosphoric ester groups is 1. The second-order valence-electron chi connectivity index (χ2n) is 21.7. The van der Waals surface area contributed by atoms with Gasteiger partial charge in [-0.2, -0.15) is 0 Å². The summed E-state index contributed by atoms with van der Waals surface area (Å²) in [7, 11) is 1.54. The summed E-state index contributed by atoms with van der Waals surface area (Å²) in [4.78, 5) is 23.3. The molecule has 0 aromatic heterocycles. The number of aliphatic hydroxyl groups excluding tert-OH is 1. The number of quaternary nitrogens is 1. The molecule has 0 heterocycles. The largest absolute Gasteiger partial charge is 0.472 e. The number of carbonyl (C=O) groups excluding carboxylic acids is 1. The van der Waals surface area contributed by atoms with Gasteiger partial charge < -0.3 is 19.8 Å². The van der Waals surface area contributed by atoms with E-state index < -0.39 is 20.0 Å². The van der Waals surface area contributed by atoms with E-state index in [0.29, 0.717) is 17.4 Å². The fourth-order valence-electron chi connectivity index (χ4n) is 8.60. The highest BCUT2D eigenvalue weighted by atomic mass is 31.2. The first-order valence-corrected chi connectivity index (χ1v) is 32.0. The van der Waals surface area contributed by atoms with Crippen molar-refractivity contribution in [1.29, 1.82) is 0 Å². The van der Waals surface area contributed by atoms with Crippen LogP contribution in [0.5, 0.6) is 0 Å². The third kappa shape index (κ3) is 57.2. The molecule has 9 heteroatoms. The number of phosphoric acid groups is 1. The molecule has 0 aromatic rings. The monoisotopic (exact) mass is 1040 g/mol. The Hall–Kier alpha value is -2.32. The van der Waals surface area contributed by atoms with E-state index in [-0.39, 0.29) is 19.1 Å². The molecule has 0 aliphatic rings. The van der Waals surface area contributed by atoms with Crippen LogP contribution in [0.15, 0.2) is 85.1 Å². The van der Waals surface area contributed by atoms with Gasteiger partial charge in [-0.15, -0.1) is 0 Å². The Labute approximate surface area is 452 Å². The van der Waals surface area contributed by atoms with Crippen molar-refractivity contribution >= 4 is 13.7 Å². The lowest BCUT2D eigenvalue weighted by Gasteiger charge is -2.25. The molecule has 3 unspecified atom stereocenters. The van der Waals surface area contributed by atoms with Crippen molar-refractivity contribution in [1.82, 2.24) is 5.32 Å². The highest BCUT2D eigenvalue weighted by molar-refractivity contribution is 7.47. The summed E-state index contributed by atoms with van der Waals surface area (Å²) in [5.41, 5.74) is 0. The Morgan fingerprint density at radius 1 is 0.479 bits per heavy atom. The van der Waals surface area contributed by atoms with Crippen LogP contribution in [0.25, 0.3) is 0 Å². The topological polar surface area (TPSA) is 105 Å². The Morgan fingerprint density at radius 3 is 1.26 bits per heavy atom. The summed E-state index contributed by atoms with van der Waals surface area (Å²) in [6, 6.07) is -0.878. The molecule has 3 atom stereocenters. The van der Waals surface area contributed by atoms with Gasteiger partial charge in [0.1, 0.15) is 13.2 Å². The lowest BCUT2D eigenvalue weighted by molar-refractivity contribution is -0.870. The molecule has 8 nitrogen and oxygen atoms in total. The van der Waals surface area contributed by atoms with Crippen LogP contribution in [0.1, 0.15) is 264 Å². The summed E-state index contributed by atoms with van der Waals surface area (Å²) < 4.78 is 23.7. The van der Waals surface area contributed by atoms with Gasteiger partial charge in [-0.25, -0.2) is 4.57 Å². The molecule has 0 aromatic carbocycles. The SMILES string of the molecule is CC/C=C\C/C=C\C/C=C\C/C=C\CCCCCCCCCCCCC(=O)NC(COP(=O)(O)OCC[N+](C)(C)C)C(O)/C=C/CC/C=C/CC/C=C/CCCCCCCCCCCCCCCCCCCC. The number of carbonyl (C=O) groups is 1. The summed E-state index contributed by atoms with van der Waals surface area (Å²) in [5.74, 6) is -0.197. The average molecular weight is 1040 g/mol. The smallest absolute Gasteiger partial charge is 0.387 e. The van der Waals surface area contributed by atoms with E-state index in [1.165, 1.54) is 173 Å². The zero-order chi connectivity index (χ0) is 53.5. The molecular formula is C64H118N2O6P+. The number of nitrogens with one attached hydrogen (secondary N) is 1. The van der Waals surface area contributed by atoms with Crippen molar-refractivity contribution in [2.75, 3.05) is 40.9 Å². The molecule has 0 fully saturated rings. The molecule has 424 valence electrons. The number of amides is 1. The molecule has 1 amide bonds. The van der Waals surface area contributed by atoms with Crippen molar-refractivity contribution < 1.29 is 32.9 Å². The number of hydrogen-bond donors (Lipinski definition) is 3. The number of likely N-dealkylation sites (N-methyl/N-ethyl adjacent to an activating group) is 1. The van der Waals surface area contributed by atoms with Gasteiger partial charge in [-0.1, -0.05) is 259 Å². The van der Waals surface area contributed by atoms with Gasteiger partial charge in [-0.05, 0) is 83.5 Å². The highest BCUT2D eigenvalue weighted by Crippen LogP contribution is 2.43. The molecule has 0 saturated heterocycles. The summed E-state index contributed by atoms with van der Waals surface area (Å²) in [6.07, 6.45) is 77.0. The van der Waals surface area contributed by atoms with Crippen molar-refractivity contribution in [2.24, 2.45) is 0 Å². The van der Waals surface area contributed by atoms with Gasteiger partial charge in [-0.3, -0.25) is 13.8 Å². The molecule has 0 rings (SSSR count). The van der Waals surface area contributed by atoms with Crippen LogP contribution in [0.2, 0.25) is 0 Å². The molecule has 73 heavy (non-hydrogen) atoms. The first-order chi connectivity index (χ1) is 35.5. The van der Waals surface area contributed by atoms with E-state index in [1.54, 1.807) is 6.08 Å². The lowest BCUT2D eigenvalue weighted by atomic mass is 10.0. The second kappa shape index (κ2) is 54.5. The van der Waals surface area contributed by atoms with Gasteiger partial charge in [0.2, 0.25) is 5.91 Å². The van der Waals surface area contributed by atoms with Gasteiger partial charge in [0, 0.05) is 6.42 Å². The van der Waals surface area contributed by atoms with Gasteiger partial charge in [0.25, 0.3) is 0 Å². The van der Waals surface area contributed by atoms with Crippen LogP contribution in [0, 0.1) is 0 Å². The predicted molar refractivity (Wildman–Crippen MR) is 318 cm³/mol. The number of aliphatic hydroxyl groups is 1. The van der Waals surface area contributed by atoms with E-state index in [2.05, 4.69) is 92.1 Å². The van der Waals surface area contributed by atoms with E-state index >= 15 is 0 Å². The van der Waals surface area contributed by atoms with Crippen molar-refractivity contribution in [3.05, 3.63) is 85.1 Å². The predicted octanol–water partition coefficient (Wildman–Crippen LogP) is 18.8. The number of hydrogen-bond acceptors (Lipinski definition) is 5. The molecular weight excluding hydrogens is 924 g/mol. The van der Waals surface area contributed by atoms with Gasteiger partial charge in [0.15, 0.2) is 0 Å². The van der Waals surface area contributed by atoms with Crippen LogP contribution < -0.4 is 5.32 Å². The minimum absolute atomic E-state index is 0.0491. The summed E-state index contributed by atoms with van der Waals surface area (Å²) >= 11 is 0. The van der Waals surface area contributed by atoms with Crippen LogP contribution in [-0.4, -0.2) is 73.4 Å². The Bertz CT molecular complexity index is 1460. The zero-order valence-electron chi connectivity index (χ0n) is 48.4. The summed E-state index contributed by atoms with van der Waals surface area (Å²) in [5, 5.41) is 13.9. The van der Waals surface area contributed by atoms with Crippen LogP contribution in [0.3, 0.4) is 0 Å². The summed E-state index contributed by atoms with van der Waals surface area (Å²) in [6.45, 7) is 4.69. The molecule has 0 bridgehead atoms. The quantitative estimate of drug-likeness (QED) is 0.0243. The van der Waals surface area contributed by atoms with E-state index in [0.717, 1.165) is 70.6 Å². The van der Waals surface area contributed by atoms with Crippen molar-refractivity contribution in [3.63, 3.8) is 0 Å². The van der Waals surface area contributed by atoms with Crippen molar-refractivity contribution in [2.45, 2.75) is 276 Å². The average Bonchev–Trinajstić information content (AvgIpc) is 3.35.